The number of nitrogens with zero attached hydrogens (tertiary/aromatic N) is 2. The molecule has 1 aromatic rings. The molecule has 4 nitrogen and oxygen atoms in total. The first-order valence-corrected chi connectivity index (χ1v) is 6.81. The molecule has 3 N–H and O–H groups in total. The van der Waals surface area contributed by atoms with Crippen molar-refractivity contribution in [3.63, 3.8) is 0 Å². The van der Waals surface area contributed by atoms with Crippen molar-refractivity contribution in [2.75, 3.05) is 23.0 Å². The minimum atomic E-state index is 0.172. The fourth-order valence-corrected chi connectivity index (χ4v) is 3.09. The van der Waals surface area contributed by atoms with Gasteiger partial charge in [0.05, 0.1) is 0 Å². The minimum absolute atomic E-state index is 0.172. The Balaban J connectivity index is 2.37. The number of hydrogen-bond acceptors (Lipinski definition) is 4. The first-order valence-electron chi connectivity index (χ1n) is 5.65. The van der Waals surface area contributed by atoms with Crippen LogP contribution in [0.25, 0.3) is 0 Å². The van der Waals surface area contributed by atoms with Crippen molar-refractivity contribution in [3.05, 3.63) is 29.8 Å². The predicted molar refractivity (Wildman–Crippen MR) is 73.1 cm³/mol. The minimum Gasteiger partial charge on any atom is -0.409 e. The summed E-state index contributed by atoms with van der Waals surface area (Å²) in [5.74, 6) is 2.41. The molecule has 1 atom stereocenters. The van der Waals surface area contributed by atoms with Gasteiger partial charge in [-0.2, -0.15) is 11.8 Å². The Bertz CT molecular complexity index is 422. The predicted octanol–water partition coefficient (Wildman–Crippen LogP) is 1.72. The molecule has 0 spiro atoms. The van der Waals surface area contributed by atoms with Crippen molar-refractivity contribution in [1.82, 2.24) is 0 Å². The molecule has 1 aliphatic rings. The van der Waals surface area contributed by atoms with Crippen molar-refractivity contribution >= 4 is 23.3 Å². The van der Waals surface area contributed by atoms with Gasteiger partial charge in [0, 0.05) is 35.3 Å². The molecule has 17 heavy (non-hydrogen) atoms. The molecule has 0 amide bonds. The van der Waals surface area contributed by atoms with Gasteiger partial charge in [0.15, 0.2) is 5.84 Å². The highest BCUT2D eigenvalue weighted by Crippen LogP contribution is 2.26. The zero-order valence-electron chi connectivity index (χ0n) is 9.84. The Morgan fingerprint density at radius 1 is 1.53 bits per heavy atom. The lowest BCUT2D eigenvalue weighted by Crippen LogP contribution is -2.41. The third-order valence-corrected chi connectivity index (χ3v) is 4.15. The molecule has 1 unspecified atom stereocenters. The number of nitrogens with two attached hydrogens (primary N) is 1. The fraction of sp³-hybridized carbons (Fsp3) is 0.417. The summed E-state index contributed by atoms with van der Waals surface area (Å²) in [6.45, 7) is 3.21. The summed E-state index contributed by atoms with van der Waals surface area (Å²) >= 11 is 1.97. The van der Waals surface area contributed by atoms with Gasteiger partial charge >= 0.3 is 0 Å². The maximum atomic E-state index is 8.82. The summed E-state index contributed by atoms with van der Waals surface area (Å²) in [5.41, 5.74) is 7.57. The van der Waals surface area contributed by atoms with E-state index in [1.807, 2.05) is 36.0 Å². The second-order valence-corrected chi connectivity index (χ2v) is 5.27. The molecule has 1 saturated heterocycles. The van der Waals surface area contributed by atoms with Gasteiger partial charge in [0.2, 0.25) is 0 Å². The molecule has 0 aromatic heterocycles. The van der Waals surface area contributed by atoms with Crippen LogP contribution in [0.1, 0.15) is 12.5 Å². The summed E-state index contributed by atoms with van der Waals surface area (Å²) in [5, 5.41) is 11.9. The lowest BCUT2D eigenvalue weighted by atomic mass is 10.1. The number of hydrogen-bond donors (Lipinski definition) is 2. The molecule has 92 valence electrons. The van der Waals surface area contributed by atoms with Crippen LogP contribution in [0, 0.1) is 0 Å². The monoisotopic (exact) mass is 251 g/mol. The average molecular weight is 251 g/mol. The van der Waals surface area contributed by atoms with E-state index in [1.54, 1.807) is 0 Å². The summed E-state index contributed by atoms with van der Waals surface area (Å²) in [6.07, 6.45) is 0. The number of oxime groups is 1. The van der Waals surface area contributed by atoms with Gasteiger partial charge in [-0.3, -0.25) is 0 Å². The van der Waals surface area contributed by atoms with E-state index < -0.39 is 0 Å². The first-order chi connectivity index (χ1) is 8.24. The average Bonchev–Trinajstić information content (AvgIpc) is 2.38. The molecule has 0 aliphatic carbocycles. The topological polar surface area (TPSA) is 61.8 Å². The molecule has 0 bridgehead atoms. The molecule has 0 radical (unpaired) electrons. The summed E-state index contributed by atoms with van der Waals surface area (Å²) in [6, 6.07) is 8.28. The van der Waals surface area contributed by atoms with Crippen LogP contribution in [-0.2, 0) is 0 Å². The van der Waals surface area contributed by atoms with Crippen molar-refractivity contribution in [2.45, 2.75) is 13.0 Å². The van der Waals surface area contributed by atoms with Crippen molar-refractivity contribution < 1.29 is 5.21 Å². The van der Waals surface area contributed by atoms with Gasteiger partial charge in [-0.15, -0.1) is 0 Å². The van der Waals surface area contributed by atoms with Gasteiger partial charge in [0.1, 0.15) is 0 Å². The number of rotatable bonds is 2. The zero-order chi connectivity index (χ0) is 12.3. The van der Waals surface area contributed by atoms with E-state index in [2.05, 4.69) is 17.0 Å². The SMILES string of the molecule is CC1CSCCN1c1ccccc1C(N)=NO. The second-order valence-electron chi connectivity index (χ2n) is 4.12. The second kappa shape index (κ2) is 5.31. The van der Waals surface area contributed by atoms with E-state index in [-0.39, 0.29) is 5.84 Å². The van der Waals surface area contributed by atoms with Crippen LogP contribution in [0.5, 0.6) is 0 Å². The Hall–Kier alpha value is -1.36. The van der Waals surface area contributed by atoms with Crippen LogP contribution in [0.15, 0.2) is 29.4 Å². The fourth-order valence-electron chi connectivity index (χ4n) is 2.08. The number of anilines is 1. The normalized spacial score (nSPS) is 21.6. The molecule has 1 aromatic carbocycles. The molecule has 1 aliphatic heterocycles. The maximum Gasteiger partial charge on any atom is 0.172 e. The van der Waals surface area contributed by atoms with E-state index in [4.69, 9.17) is 10.9 Å². The third kappa shape index (κ3) is 2.49. The van der Waals surface area contributed by atoms with E-state index >= 15 is 0 Å². The maximum absolute atomic E-state index is 8.82. The smallest absolute Gasteiger partial charge is 0.172 e. The van der Waals surface area contributed by atoms with Crippen molar-refractivity contribution in [2.24, 2.45) is 10.9 Å². The largest absolute Gasteiger partial charge is 0.409 e. The quantitative estimate of drug-likeness (QED) is 0.364. The molecule has 1 heterocycles. The van der Waals surface area contributed by atoms with Crippen molar-refractivity contribution in [3.8, 4) is 0 Å². The highest BCUT2D eigenvalue weighted by molar-refractivity contribution is 7.99. The van der Waals surface area contributed by atoms with Gasteiger partial charge in [-0.1, -0.05) is 17.3 Å². The zero-order valence-corrected chi connectivity index (χ0v) is 10.7. The molecule has 0 saturated carbocycles. The van der Waals surface area contributed by atoms with Crippen LogP contribution in [0.4, 0.5) is 5.69 Å². The van der Waals surface area contributed by atoms with Crippen LogP contribution < -0.4 is 10.6 Å². The van der Waals surface area contributed by atoms with E-state index in [9.17, 15) is 0 Å². The number of benzene rings is 1. The van der Waals surface area contributed by atoms with Gasteiger partial charge in [-0.05, 0) is 19.1 Å². The van der Waals surface area contributed by atoms with Crippen molar-refractivity contribution in [1.29, 1.82) is 0 Å². The Morgan fingerprint density at radius 2 is 2.29 bits per heavy atom. The summed E-state index contributed by atoms with van der Waals surface area (Å²) in [7, 11) is 0. The molecule has 2 rings (SSSR count). The van der Waals surface area contributed by atoms with Gasteiger partial charge in [0.25, 0.3) is 0 Å². The standard InChI is InChI=1S/C12H17N3OS/c1-9-8-17-7-6-15(9)11-5-3-2-4-10(11)12(13)14-16/h2-5,9,16H,6-8H2,1H3,(H2,13,14). The van der Waals surface area contributed by atoms with Crippen LogP contribution in [-0.4, -0.2) is 35.1 Å². The lowest BCUT2D eigenvalue weighted by Gasteiger charge is -2.36. The van der Waals surface area contributed by atoms with Gasteiger partial charge < -0.3 is 15.8 Å². The van der Waals surface area contributed by atoms with E-state index in [1.165, 1.54) is 0 Å². The van der Waals surface area contributed by atoms with Crippen LogP contribution >= 0.6 is 11.8 Å². The summed E-state index contributed by atoms with van der Waals surface area (Å²) in [4.78, 5) is 2.32. The van der Waals surface area contributed by atoms with E-state index in [0.717, 1.165) is 29.3 Å². The van der Waals surface area contributed by atoms with Crippen LogP contribution in [0.2, 0.25) is 0 Å². The first kappa shape index (κ1) is 12.1. The Kier molecular flexibility index (Phi) is 3.78. The number of amidine groups is 1. The number of thioether (sulfide) groups is 1. The molecular weight excluding hydrogens is 234 g/mol. The van der Waals surface area contributed by atoms with E-state index in [0.29, 0.717) is 6.04 Å². The molecule has 1 fully saturated rings. The number of para-hydroxylation sites is 1. The molecular formula is C12H17N3OS. The highest BCUT2D eigenvalue weighted by Gasteiger charge is 2.21. The Morgan fingerprint density at radius 3 is 3.00 bits per heavy atom. The molecule has 5 heteroatoms. The Labute approximate surface area is 105 Å². The highest BCUT2D eigenvalue weighted by atomic mass is 32.2. The third-order valence-electron chi connectivity index (χ3n) is 2.96. The lowest BCUT2D eigenvalue weighted by molar-refractivity contribution is 0.318. The van der Waals surface area contributed by atoms with Gasteiger partial charge in [-0.25, -0.2) is 0 Å². The van der Waals surface area contributed by atoms with Crippen LogP contribution in [0.3, 0.4) is 0 Å². The summed E-state index contributed by atoms with van der Waals surface area (Å²) < 4.78 is 0.